The van der Waals surface area contributed by atoms with Crippen molar-refractivity contribution in [3.63, 3.8) is 0 Å². The summed E-state index contributed by atoms with van der Waals surface area (Å²) in [6.45, 7) is 0. The van der Waals surface area contributed by atoms with E-state index in [1.807, 2.05) is 18.6 Å². The van der Waals surface area contributed by atoms with Crippen molar-refractivity contribution in [1.82, 2.24) is 0 Å². The number of halogens is 1. The highest BCUT2D eigenvalue weighted by Crippen LogP contribution is 2.32. The van der Waals surface area contributed by atoms with Crippen molar-refractivity contribution >= 4 is 22.2 Å². The third-order valence-electron chi connectivity index (χ3n) is 2.20. The molecular formula is C10H8BrO. The number of carbonyl (C=O) groups excluding carboxylic acids is 1. The van der Waals surface area contributed by atoms with E-state index in [9.17, 15) is 4.79 Å². The van der Waals surface area contributed by atoms with Crippen molar-refractivity contribution in [2.24, 2.45) is 0 Å². The van der Waals surface area contributed by atoms with E-state index in [2.05, 4.69) is 22.0 Å². The minimum Gasteiger partial charge on any atom is -0.303 e. The Morgan fingerprint density at radius 2 is 2.33 bits per heavy atom. The summed E-state index contributed by atoms with van der Waals surface area (Å²) >= 11 is 3.40. The number of benzene rings is 1. The molecule has 0 bridgehead atoms. The molecular weight excluding hydrogens is 216 g/mol. The van der Waals surface area contributed by atoms with Gasteiger partial charge in [-0.15, -0.1) is 0 Å². The quantitative estimate of drug-likeness (QED) is 0.669. The minimum atomic E-state index is 0.0214. The molecule has 61 valence electrons. The van der Waals surface area contributed by atoms with Crippen LogP contribution in [0.2, 0.25) is 0 Å². The Labute approximate surface area is 79.9 Å². The van der Waals surface area contributed by atoms with Crippen molar-refractivity contribution in [3.8, 4) is 0 Å². The Morgan fingerprint density at radius 1 is 1.50 bits per heavy atom. The summed E-state index contributed by atoms with van der Waals surface area (Å²) in [5.41, 5.74) is 2.43. The molecule has 1 radical (unpaired) electrons. The van der Waals surface area contributed by atoms with Crippen molar-refractivity contribution < 1.29 is 4.79 Å². The van der Waals surface area contributed by atoms with E-state index in [-0.39, 0.29) is 5.92 Å². The van der Waals surface area contributed by atoms with E-state index in [0.717, 1.165) is 22.7 Å². The number of rotatable bonds is 1. The summed E-state index contributed by atoms with van der Waals surface area (Å²) in [5, 5.41) is 0. The van der Waals surface area contributed by atoms with E-state index in [0.29, 0.717) is 0 Å². The van der Waals surface area contributed by atoms with Gasteiger partial charge in [0.2, 0.25) is 0 Å². The van der Waals surface area contributed by atoms with Crippen molar-refractivity contribution in [3.05, 3.63) is 40.2 Å². The molecule has 1 aliphatic carbocycles. The monoisotopic (exact) mass is 223 g/mol. The lowest BCUT2D eigenvalue weighted by Crippen LogP contribution is -1.93. The summed E-state index contributed by atoms with van der Waals surface area (Å²) in [4.78, 5) is 10.6. The fourth-order valence-electron chi connectivity index (χ4n) is 1.59. The smallest absolute Gasteiger partial charge is 0.127 e. The van der Waals surface area contributed by atoms with Gasteiger partial charge in [0, 0.05) is 10.4 Å². The lowest BCUT2D eigenvalue weighted by molar-refractivity contribution is -0.108. The standard InChI is InChI=1S/C10H8BrO/c11-9-3-4-10-7(5-9)1-2-8(10)6-12/h2-6,8H,1H2/t8-/m1/s1. The summed E-state index contributed by atoms with van der Waals surface area (Å²) < 4.78 is 1.08. The molecule has 0 amide bonds. The van der Waals surface area contributed by atoms with Gasteiger partial charge in [0.25, 0.3) is 0 Å². The van der Waals surface area contributed by atoms with Gasteiger partial charge < -0.3 is 4.79 Å². The Hall–Kier alpha value is -0.630. The lowest BCUT2D eigenvalue weighted by atomic mass is 10.0. The molecule has 0 saturated carbocycles. The second-order valence-corrected chi connectivity index (χ2v) is 3.86. The van der Waals surface area contributed by atoms with Crippen LogP contribution in [0.1, 0.15) is 17.0 Å². The molecule has 0 fully saturated rings. The van der Waals surface area contributed by atoms with Gasteiger partial charge in [-0.3, -0.25) is 0 Å². The first kappa shape index (κ1) is 7.99. The highest BCUT2D eigenvalue weighted by atomic mass is 79.9. The van der Waals surface area contributed by atoms with Gasteiger partial charge in [0.1, 0.15) is 6.29 Å². The van der Waals surface area contributed by atoms with E-state index >= 15 is 0 Å². The fourth-order valence-corrected chi connectivity index (χ4v) is 1.99. The van der Waals surface area contributed by atoms with Crippen LogP contribution in [-0.4, -0.2) is 6.29 Å². The van der Waals surface area contributed by atoms with Gasteiger partial charge in [-0.25, -0.2) is 0 Å². The topological polar surface area (TPSA) is 17.1 Å². The molecule has 1 atom stereocenters. The van der Waals surface area contributed by atoms with Crippen molar-refractivity contribution in [2.75, 3.05) is 0 Å². The lowest BCUT2D eigenvalue weighted by Gasteiger charge is -2.02. The molecule has 1 aromatic carbocycles. The molecule has 1 aliphatic rings. The summed E-state index contributed by atoms with van der Waals surface area (Å²) in [6, 6.07) is 6.08. The molecule has 0 saturated heterocycles. The van der Waals surface area contributed by atoms with Crippen LogP contribution in [0, 0.1) is 6.42 Å². The number of fused-ring (bicyclic) bond motifs is 1. The summed E-state index contributed by atoms with van der Waals surface area (Å²) in [6.07, 6.45) is 3.96. The van der Waals surface area contributed by atoms with Gasteiger partial charge in [0.05, 0.1) is 0 Å². The zero-order valence-electron chi connectivity index (χ0n) is 6.46. The number of aldehydes is 1. The Morgan fingerprint density at radius 3 is 3.08 bits per heavy atom. The van der Waals surface area contributed by atoms with Crippen LogP contribution in [0.25, 0.3) is 0 Å². The molecule has 2 rings (SSSR count). The Balaban J connectivity index is 2.47. The molecule has 0 aliphatic heterocycles. The van der Waals surface area contributed by atoms with Crippen LogP contribution in [-0.2, 0) is 11.2 Å². The third-order valence-corrected chi connectivity index (χ3v) is 2.70. The number of hydrogen-bond donors (Lipinski definition) is 0. The average Bonchev–Trinajstić information content (AvgIpc) is 2.46. The molecule has 2 heteroatoms. The highest BCUT2D eigenvalue weighted by Gasteiger charge is 2.21. The maximum atomic E-state index is 10.6. The maximum absolute atomic E-state index is 10.6. The van der Waals surface area contributed by atoms with Gasteiger partial charge in [0.15, 0.2) is 0 Å². The van der Waals surface area contributed by atoms with Crippen LogP contribution in [0.15, 0.2) is 22.7 Å². The first-order chi connectivity index (χ1) is 5.81. The molecule has 1 aromatic rings. The largest absolute Gasteiger partial charge is 0.303 e. The molecule has 0 unspecified atom stereocenters. The number of hydrogen-bond acceptors (Lipinski definition) is 1. The van der Waals surface area contributed by atoms with E-state index < -0.39 is 0 Å². The van der Waals surface area contributed by atoms with Crippen LogP contribution < -0.4 is 0 Å². The van der Waals surface area contributed by atoms with E-state index in [1.54, 1.807) is 0 Å². The highest BCUT2D eigenvalue weighted by molar-refractivity contribution is 9.10. The van der Waals surface area contributed by atoms with Gasteiger partial charge >= 0.3 is 0 Å². The summed E-state index contributed by atoms with van der Waals surface area (Å²) in [5.74, 6) is 0.0214. The SMILES string of the molecule is O=C[C@H]1[CH]Cc2cc(Br)ccc21. The van der Waals surface area contributed by atoms with Crippen LogP contribution >= 0.6 is 15.9 Å². The third kappa shape index (κ3) is 1.20. The number of carbonyl (C=O) groups is 1. The molecule has 0 aromatic heterocycles. The summed E-state index contributed by atoms with van der Waals surface area (Å²) in [7, 11) is 0. The normalized spacial score (nSPS) is 20.6. The van der Waals surface area contributed by atoms with Gasteiger partial charge in [-0.05, 0) is 36.1 Å². The molecule has 1 nitrogen and oxygen atoms in total. The fraction of sp³-hybridized carbons (Fsp3) is 0.200. The Bertz CT molecular complexity index is 320. The predicted octanol–water partition coefficient (Wildman–Crippen LogP) is 2.49. The minimum absolute atomic E-state index is 0.0214. The zero-order chi connectivity index (χ0) is 8.55. The first-order valence-corrected chi connectivity index (χ1v) is 4.67. The van der Waals surface area contributed by atoms with Crippen LogP contribution in [0.5, 0.6) is 0 Å². The maximum Gasteiger partial charge on any atom is 0.127 e. The first-order valence-electron chi connectivity index (χ1n) is 3.88. The second kappa shape index (κ2) is 3.02. The van der Waals surface area contributed by atoms with Gasteiger partial charge in [-0.1, -0.05) is 22.0 Å². The van der Waals surface area contributed by atoms with E-state index in [4.69, 9.17) is 0 Å². The van der Waals surface area contributed by atoms with Crippen molar-refractivity contribution in [1.29, 1.82) is 0 Å². The molecule has 0 N–H and O–H groups in total. The average molecular weight is 224 g/mol. The van der Waals surface area contributed by atoms with Crippen LogP contribution in [0.3, 0.4) is 0 Å². The predicted molar refractivity (Wildman–Crippen MR) is 51.0 cm³/mol. The molecule has 12 heavy (non-hydrogen) atoms. The van der Waals surface area contributed by atoms with Gasteiger partial charge in [-0.2, -0.15) is 0 Å². The Kier molecular flexibility index (Phi) is 2.01. The second-order valence-electron chi connectivity index (χ2n) is 2.94. The van der Waals surface area contributed by atoms with Crippen molar-refractivity contribution in [2.45, 2.75) is 12.3 Å². The molecule has 0 spiro atoms. The zero-order valence-corrected chi connectivity index (χ0v) is 8.04. The molecule has 0 heterocycles. The van der Waals surface area contributed by atoms with E-state index in [1.165, 1.54) is 5.56 Å². The van der Waals surface area contributed by atoms with Crippen LogP contribution in [0.4, 0.5) is 0 Å².